The number of thioether (sulfide) groups is 1. The van der Waals surface area contributed by atoms with Crippen LogP contribution in [0.25, 0.3) is 0 Å². The first-order valence-electron chi connectivity index (χ1n) is 5.10. The Labute approximate surface area is 111 Å². The zero-order valence-electron chi connectivity index (χ0n) is 9.79. The van der Waals surface area contributed by atoms with Gasteiger partial charge in [-0.2, -0.15) is 16.1 Å². The van der Waals surface area contributed by atoms with Crippen molar-refractivity contribution in [2.75, 3.05) is 19.3 Å². The Morgan fingerprint density at radius 1 is 1.50 bits per heavy atom. The fourth-order valence-electron chi connectivity index (χ4n) is 1.21. The van der Waals surface area contributed by atoms with Gasteiger partial charge in [-0.1, -0.05) is 0 Å². The average Bonchev–Trinajstić information content (AvgIpc) is 2.59. The molecule has 0 fully saturated rings. The van der Waals surface area contributed by atoms with Crippen molar-refractivity contribution in [3.8, 4) is 0 Å². The van der Waals surface area contributed by atoms with E-state index in [4.69, 9.17) is 12.2 Å². The third-order valence-corrected chi connectivity index (χ3v) is 4.41. The Morgan fingerprint density at radius 3 is 2.81 bits per heavy atom. The zero-order valence-corrected chi connectivity index (χ0v) is 12.2. The van der Waals surface area contributed by atoms with E-state index in [2.05, 4.69) is 28.9 Å². The minimum atomic E-state index is 0.713. The fourth-order valence-corrected chi connectivity index (χ4v) is 3.14. The molecule has 0 bridgehead atoms. The molecule has 0 aliphatic carbocycles. The molecule has 1 aromatic heterocycles. The maximum absolute atomic E-state index is 4.99. The molecule has 1 heterocycles. The number of thiocarbonyl (C=S) groups is 1. The van der Waals surface area contributed by atoms with Crippen LogP contribution in [0.4, 0.5) is 0 Å². The van der Waals surface area contributed by atoms with Crippen molar-refractivity contribution in [3.63, 3.8) is 0 Å². The van der Waals surface area contributed by atoms with Gasteiger partial charge in [-0.25, -0.2) is 0 Å². The van der Waals surface area contributed by atoms with Gasteiger partial charge in [0.2, 0.25) is 0 Å². The first kappa shape index (κ1) is 13.7. The molecule has 1 rings (SSSR count). The second kappa shape index (κ2) is 7.09. The van der Waals surface area contributed by atoms with Gasteiger partial charge < -0.3 is 10.6 Å². The van der Waals surface area contributed by atoms with Gasteiger partial charge in [-0.3, -0.25) is 0 Å². The number of aromatic nitrogens is 1. The van der Waals surface area contributed by atoms with Crippen molar-refractivity contribution in [3.05, 3.63) is 16.1 Å². The average molecular weight is 275 g/mol. The summed E-state index contributed by atoms with van der Waals surface area (Å²) in [6.07, 6.45) is 0. The second-order valence-electron chi connectivity index (χ2n) is 3.36. The third-order valence-electron chi connectivity index (χ3n) is 2.19. The molecule has 0 amide bonds. The fraction of sp³-hybridized carbons (Fsp3) is 0.600. The van der Waals surface area contributed by atoms with E-state index >= 15 is 0 Å². The van der Waals surface area contributed by atoms with E-state index in [9.17, 15) is 0 Å². The molecule has 0 aliphatic heterocycles. The molecule has 0 radical (unpaired) electrons. The normalized spacial score (nSPS) is 10.2. The maximum Gasteiger partial charge on any atom is 0.166 e. The first-order chi connectivity index (χ1) is 7.65. The second-order valence-corrected chi connectivity index (χ2v) is 5.85. The summed E-state index contributed by atoms with van der Waals surface area (Å²) in [7, 11) is 1.83. The van der Waals surface area contributed by atoms with E-state index in [-0.39, 0.29) is 0 Å². The largest absolute Gasteiger partial charge is 0.366 e. The lowest BCUT2D eigenvalue weighted by atomic mass is 10.2. The Kier molecular flexibility index (Phi) is 6.08. The highest BCUT2D eigenvalue weighted by atomic mass is 32.2. The van der Waals surface area contributed by atoms with Crippen LogP contribution in [-0.2, 0) is 5.75 Å². The lowest BCUT2D eigenvalue weighted by Gasteiger charge is -2.06. The van der Waals surface area contributed by atoms with Crippen LogP contribution in [0.2, 0.25) is 0 Å². The number of nitrogens with one attached hydrogen (secondary N) is 2. The smallest absolute Gasteiger partial charge is 0.166 e. The Bertz CT molecular complexity index is 330. The van der Waals surface area contributed by atoms with E-state index in [1.54, 1.807) is 11.5 Å². The summed E-state index contributed by atoms with van der Waals surface area (Å²) in [5.74, 6) is 2.10. The van der Waals surface area contributed by atoms with Crippen molar-refractivity contribution in [2.24, 2.45) is 0 Å². The molecule has 0 saturated carbocycles. The quantitative estimate of drug-likeness (QED) is 0.636. The number of hydrogen-bond donors (Lipinski definition) is 2. The van der Waals surface area contributed by atoms with Crippen molar-refractivity contribution < 1.29 is 0 Å². The Morgan fingerprint density at radius 2 is 2.25 bits per heavy atom. The molecule has 3 nitrogen and oxygen atoms in total. The highest BCUT2D eigenvalue weighted by molar-refractivity contribution is 7.98. The van der Waals surface area contributed by atoms with Gasteiger partial charge in [0, 0.05) is 30.0 Å². The molecule has 16 heavy (non-hydrogen) atoms. The number of nitrogens with zero attached hydrogens (tertiary/aromatic N) is 1. The molecule has 0 aromatic carbocycles. The minimum Gasteiger partial charge on any atom is -0.366 e. The molecule has 0 spiro atoms. The third kappa shape index (κ3) is 4.27. The molecule has 90 valence electrons. The highest BCUT2D eigenvalue weighted by Crippen LogP contribution is 2.22. The standard InChI is InChI=1S/C10H17N3S3/c1-7-9(8(2)16-13-7)6-15-5-4-12-10(14)11-3/h4-6H2,1-3H3,(H2,11,12,14). The maximum atomic E-state index is 4.99. The summed E-state index contributed by atoms with van der Waals surface area (Å²) in [6.45, 7) is 5.11. The van der Waals surface area contributed by atoms with Crippen LogP contribution >= 0.6 is 35.5 Å². The van der Waals surface area contributed by atoms with Gasteiger partial charge in [-0.15, -0.1) is 0 Å². The van der Waals surface area contributed by atoms with Crippen LogP contribution < -0.4 is 10.6 Å². The lowest BCUT2D eigenvalue weighted by molar-refractivity contribution is 0.943. The van der Waals surface area contributed by atoms with Crippen molar-refractivity contribution >= 4 is 40.6 Å². The van der Waals surface area contributed by atoms with E-state index in [0.29, 0.717) is 5.11 Å². The van der Waals surface area contributed by atoms with Crippen LogP contribution in [0, 0.1) is 13.8 Å². The Balaban J connectivity index is 2.19. The summed E-state index contributed by atoms with van der Waals surface area (Å²) in [4.78, 5) is 1.34. The molecule has 2 N–H and O–H groups in total. The predicted molar refractivity (Wildman–Crippen MR) is 77.4 cm³/mol. The summed E-state index contributed by atoms with van der Waals surface area (Å²) < 4.78 is 4.34. The van der Waals surface area contributed by atoms with E-state index < -0.39 is 0 Å². The first-order valence-corrected chi connectivity index (χ1v) is 7.44. The van der Waals surface area contributed by atoms with E-state index in [0.717, 1.165) is 18.1 Å². The Hall–Kier alpha value is -0.330. The lowest BCUT2D eigenvalue weighted by Crippen LogP contribution is -2.33. The van der Waals surface area contributed by atoms with Crippen LogP contribution in [0.15, 0.2) is 0 Å². The summed E-state index contributed by atoms with van der Waals surface area (Å²) in [6, 6.07) is 0. The molecule has 0 unspecified atom stereocenters. The van der Waals surface area contributed by atoms with Gasteiger partial charge in [0.05, 0.1) is 5.69 Å². The minimum absolute atomic E-state index is 0.713. The van der Waals surface area contributed by atoms with Gasteiger partial charge in [0.15, 0.2) is 5.11 Å². The summed E-state index contributed by atoms with van der Waals surface area (Å²) in [5, 5.41) is 6.73. The number of hydrogen-bond acceptors (Lipinski definition) is 4. The monoisotopic (exact) mass is 275 g/mol. The van der Waals surface area contributed by atoms with Gasteiger partial charge >= 0.3 is 0 Å². The van der Waals surface area contributed by atoms with E-state index in [1.807, 2.05) is 18.8 Å². The molecular formula is C10H17N3S3. The molecule has 0 aliphatic rings. The zero-order chi connectivity index (χ0) is 12.0. The highest BCUT2D eigenvalue weighted by Gasteiger charge is 2.06. The number of rotatable bonds is 5. The van der Waals surface area contributed by atoms with Gasteiger partial charge in [0.1, 0.15) is 0 Å². The van der Waals surface area contributed by atoms with Crippen molar-refractivity contribution in [1.82, 2.24) is 15.0 Å². The molecule has 0 atom stereocenters. The van der Waals surface area contributed by atoms with Crippen LogP contribution in [0.1, 0.15) is 16.1 Å². The predicted octanol–water partition coefficient (Wildman–Crippen LogP) is 2.09. The summed E-state index contributed by atoms with van der Waals surface area (Å²) in [5.41, 5.74) is 2.57. The molecule has 6 heteroatoms. The van der Waals surface area contributed by atoms with Crippen LogP contribution in [-0.4, -0.2) is 28.8 Å². The summed E-state index contributed by atoms with van der Waals surface area (Å²) >= 11 is 8.49. The SMILES string of the molecule is CNC(=S)NCCSCc1c(C)nsc1C. The van der Waals surface area contributed by atoms with Crippen LogP contribution in [0.3, 0.4) is 0 Å². The molecule has 1 aromatic rings. The van der Waals surface area contributed by atoms with Gasteiger partial charge in [-0.05, 0) is 43.2 Å². The molecular weight excluding hydrogens is 258 g/mol. The molecule has 0 saturated heterocycles. The topological polar surface area (TPSA) is 37.0 Å². The van der Waals surface area contributed by atoms with Gasteiger partial charge in [0.25, 0.3) is 0 Å². The number of aryl methyl sites for hydroxylation is 2. The van der Waals surface area contributed by atoms with Crippen molar-refractivity contribution in [1.29, 1.82) is 0 Å². The van der Waals surface area contributed by atoms with Crippen LogP contribution in [0.5, 0.6) is 0 Å². The van der Waals surface area contributed by atoms with Crippen molar-refractivity contribution in [2.45, 2.75) is 19.6 Å². The van der Waals surface area contributed by atoms with E-state index in [1.165, 1.54) is 16.1 Å².